The number of aryl methyl sites for hydroxylation is 1. The van der Waals surface area contributed by atoms with Gasteiger partial charge in [0, 0.05) is 23.1 Å². The van der Waals surface area contributed by atoms with Crippen molar-refractivity contribution in [1.82, 2.24) is 9.88 Å². The minimum absolute atomic E-state index is 0.00915. The van der Waals surface area contributed by atoms with Crippen LogP contribution in [-0.2, 0) is 22.8 Å². The van der Waals surface area contributed by atoms with Gasteiger partial charge in [0.05, 0.1) is 4.90 Å². The molecule has 2 amide bonds. The molecule has 0 atom stereocenters. The maximum Gasteiger partial charge on any atom is 0.270 e. The van der Waals surface area contributed by atoms with Gasteiger partial charge in [0.25, 0.3) is 11.8 Å². The predicted molar refractivity (Wildman–Crippen MR) is 125 cm³/mol. The van der Waals surface area contributed by atoms with Crippen LogP contribution in [0.15, 0.2) is 52.3 Å². The first-order valence-corrected chi connectivity index (χ1v) is 12.4. The van der Waals surface area contributed by atoms with Crippen LogP contribution in [0.5, 0.6) is 0 Å². The van der Waals surface area contributed by atoms with Gasteiger partial charge in [-0.05, 0) is 54.7 Å². The van der Waals surface area contributed by atoms with Crippen molar-refractivity contribution in [2.75, 3.05) is 6.54 Å². The number of benzene rings is 2. The Labute approximate surface area is 201 Å². The lowest BCUT2D eigenvalue weighted by Crippen LogP contribution is -2.31. The fourth-order valence-corrected chi connectivity index (χ4v) is 6.51. The Morgan fingerprint density at radius 3 is 2.30 bits per heavy atom. The molecule has 172 valence electrons. The third-order valence-corrected chi connectivity index (χ3v) is 8.05. The number of nitrogens with zero attached hydrogens (tertiary/aromatic N) is 1. The number of nitrogens with one attached hydrogen (secondary N) is 1. The fraction of sp³-hybridized carbons (Fsp3) is 0.217. The predicted octanol–water partition coefficient (Wildman–Crippen LogP) is 4.15. The number of halogens is 2. The number of primary amides is 1. The zero-order valence-corrected chi connectivity index (χ0v) is 20.0. The zero-order valence-electron chi connectivity index (χ0n) is 17.7. The van der Waals surface area contributed by atoms with Crippen LogP contribution in [0.1, 0.15) is 44.1 Å². The molecule has 0 saturated heterocycles. The molecule has 3 N–H and O–H groups in total. The van der Waals surface area contributed by atoms with E-state index in [1.54, 1.807) is 4.90 Å². The molecule has 3 aromatic rings. The summed E-state index contributed by atoms with van der Waals surface area (Å²) < 4.78 is 26.9. The second-order valence-electron chi connectivity index (χ2n) is 7.90. The molecular formula is C23H21Cl2N3O4S. The summed E-state index contributed by atoms with van der Waals surface area (Å²) in [5.74, 6) is -1.40. The van der Waals surface area contributed by atoms with Gasteiger partial charge in [-0.3, -0.25) is 9.59 Å². The van der Waals surface area contributed by atoms with E-state index in [-0.39, 0.29) is 36.8 Å². The third-order valence-electron chi connectivity index (χ3n) is 5.71. The van der Waals surface area contributed by atoms with E-state index in [0.29, 0.717) is 13.1 Å². The van der Waals surface area contributed by atoms with E-state index in [4.69, 9.17) is 28.9 Å². The van der Waals surface area contributed by atoms with Crippen LogP contribution in [0.2, 0.25) is 10.0 Å². The molecule has 0 saturated carbocycles. The molecule has 1 aromatic heterocycles. The highest BCUT2D eigenvalue weighted by Gasteiger charge is 2.34. The van der Waals surface area contributed by atoms with E-state index in [1.165, 1.54) is 30.7 Å². The maximum absolute atomic E-state index is 13.4. The van der Waals surface area contributed by atoms with Crippen molar-refractivity contribution in [2.24, 2.45) is 5.73 Å². The second kappa shape index (κ2) is 8.85. The van der Waals surface area contributed by atoms with Gasteiger partial charge in [-0.1, -0.05) is 47.5 Å². The summed E-state index contributed by atoms with van der Waals surface area (Å²) in [6.07, 6.45) is 1.60. The van der Waals surface area contributed by atoms with Crippen molar-refractivity contribution >= 4 is 44.9 Å². The molecule has 2 aromatic carbocycles. The Balaban J connectivity index is 1.80. The van der Waals surface area contributed by atoms with E-state index < -0.39 is 21.7 Å². The van der Waals surface area contributed by atoms with Gasteiger partial charge in [0.1, 0.15) is 16.3 Å². The number of H-pyrrole nitrogens is 1. The first-order valence-electron chi connectivity index (χ1n) is 10.2. The zero-order chi connectivity index (χ0) is 23.9. The van der Waals surface area contributed by atoms with Crippen molar-refractivity contribution in [1.29, 1.82) is 0 Å². The van der Waals surface area contributed by atoms with Gasteiger partial charge >= 0.3 is 0 Å². The Bertz CT molecular complexity index is 1360. The lowest BCUT2D eigenvalue weighted by atomic mass is 10.0. The topological polar surface area (TPSA) is 113 Å². The lowest BCUT2D eigenvalue weighted by molar-refractivity contribution is 0.0740. The highest BCUT2D eigenvalue weighted by atomic mass is 35.5. The largest absolute Gasteiger partial charge is 0.364 e. The third kappa shape index (κ3) is 4.38. The average Bonchev–Trinajstić information content (AvgIpc) is 2.96. The van der Waals surface area contributed by atoms with Crippen LogP contribution in [0.25, 0.3) is 0 Å². The fourth-order valence-electron chi connectivity index (χ4n) is 4.13. The van der Waals surface area contributed by atoms with Crippen LogP contribution in [-0.4, -0.2) is 36.7 Å². The molecule has 4 rings (SSSR count). The van der Waals surface area contributed by atoms with Crippen molar-refractivity contribution in [3.05, 3.63) is 80.6 Å². The first kappa shape index (κ1) is 23.4. The SMILES string of the molecule is Cc1c(C(=O)N2CCCc3ccccc3C2)[nH]c(C(N)=O)c1S(=O)(=O)c1cc(Cl)cc(Cl)c1. The summed E-state index contributed by atoms with van der Waals surface area (Å²) >= 11 is 12.0. The molecule has 0 radical (unpaired) electrons. The Hall–Kier alpha value is -2.81. The summed E-state index contributed by atoms with van der Waals surface area (Å²) in [4.78, 5) is 29.4. The molecule has 0 spiro atoms. The molecule has 10 heteroatoms. The molecule has 0 bridgehead atoms. The molecule has 2 heterocycles. The van der Waals surface area contributed by atoms with Crippen molar-refractivity contribution in [3.8, 4) is 0 Å². The molecule has 1 aliphatic heterocycles. The number of amides is 2. The van der Waals surface area contributed by atoms with Crippen LogP contribution in [0.3, 0.4) is 0 Å². The van der Waals surface area contributed by atoms with Crippen molar-refractivity contribution in [3.63, 3.8) is 0 Å². The Morgan fingerprint density at radius 1 is 1.03 bits per heavy atom. The normalized spacial score (nSPS) is 14.0. The maximum atomic E-state index is 13.4. The van der Waals surface area contributed by atoms with E-state index >= 15 is 0 Å². The summed E-state index contributed by atoms with van der Waals surface area (Å²) in [5, 5.41) is 0.240. The van der Waals surface area contributed by atoms with Gasteiger partial charge in [-0.25, -0.2) is 8.42 Å². The van der Waals surface area contributed by atoms with Gasteiger partial charge in [-0.15, -0.1) is 0 Å². The monoisotopic (exact) mass is 505 g/mol. The Kier molecular flexibility index (Phi) is 6.26. The second-order valence-corrected chi connectivity index (χ2v) is 10.7. The van der Waals surface area contributed by atoms with Crippen LogP contribution < -0.4 is 5.73 Å². The standard InChI is InChI=1S/C23H21Cl2N3O4S/c1-13-19(23(30)28-8-4-7-14-5-2-3-6-15(14)12-28)27-20(22(26)29)21(13)33(31,32)18-10-16(24)9-17(25)11-18/h2-3,5-6,9-11,27H,4,7-8,12H2,1H3,(H2,26,29). The highest BCUT2D eigenvalue weighted by molar-refractivity contribution is 7.91. The van der Waals surface area contributed by atoms with E-state index in [2.05, 4.69) is 4.98 Å². The van der Waals surface area contributed by atoms with Gasteiger partial charge in [-0.2, -0.15) is 0 Å². The summed E-state index contributed by atoms with van der Waals surface area (Å²) in [6, 6.07) is 11.7. The number of nitrogens with two attached hydrogens (primary N) is 1. The molecule has 7 nitrogen and oxygen atoms in total. The molecule has 1 aliphatic rings. The van der Waals surface area contributed by atoms with Gasteiger partial charge in [0.2, 0.25) is 9.84 Å². The van der Waals surface area contributed by atoms with E-state index in [9.17, 15) is 18.0 Å². The highest BCUT2D eigenvalue weighted by Crippen LogP contribution is 2.33. The van der Waals surface area contributed by atoms with E-state index in [0.717, 1.165) is 18.4 Å². The van der Waals surface area contributed by atoms with Crippen molar-refractivity contribution in [2.45, 2.75) is 36.1 Å². The number of rotatable bonds is 4. The number of hydrogen-bond donors (Lipinski definition) is 2. The quantitative estimate of drug-likeness (QED) is 0.554. The number of sulfone groups is 1. The smallest absolute Gasteiger partial charge is 0.270 e. The molecular weight excluding hydrogens is 485 g/mol. The van der Waals surface area contributed by atoms with E-state index in [1.807, 2.05) is 24.3 Å². The number of aromatic nitrogens is 1. The summed E-state index contributed by atoms with van der Waals surface area (Å²) in [5.41, 5.74) is 7.46. The summed E-state index contributed by atoms with van der Waals surface area (Å²) in [6.45, 7) is 2.34. The number of carbonyl (C=O) groups excluding carboxylic acids is 2. The molecule has 0 unspecified atom stereocenters. The summed E-state index contributed by atoms with van der Waals surface area (Å²) in [7, 11) is -4.26. The van der Waals surface area contributed by atoms with Crippen LogP contribution in [0, 0.1) is 6.92 Å². The van der Waals surface area contributed by atoms with Crippen molar-refractivity contribution < 1.29 is 18.0 Å². The van der Waals surface area contributed by atoms with Crippen LogP contribution in [0.4, 0.5) is 0 Å². The molecule has 0 fully saturated rings. The Morgan fingerprint density at radius 2 is 1.67 bits per heavy atom. The molecule has 33 heavy (non-hydrogen) atoms. The number of aromatic amines is 1. The number of fused-ring (bicyclic) bond motifs is 1. The first-order chi connectivity index (χ1) is 15.6. The number of hydrogen-bond acceptors (Lipinski definition) is 4. The minimum atomic E-state index is -4.26. The average molecular weight is 506 g/mol. The lowest BCUT2D eigenvalue weighted by Gasteiger charge is -2.21. The number of carbonyl (C=O) groups is 2. The van der Waals surface area contributed by atoms with Crippen LogP contribution >= 0.6 is 23.2 Å². The van der Waals surface area contributed by atoms with Gasteiger partial charge < -0.3 is 15.6 Å². The minimum Gasteiger partial charge on any atom is -0.364 e. The molecule has 0 aliphatic carbocycles. The van der Waals surface area contributed by atoms with Gasteiger partial charge in [0.15, 0.2) is 0 Å².